The second-order valence-corrected chi connectivity index (χ2v) is 31.0. The number of H-pyrrole nitrogens is 1. The summed E-state index contributed by atoms with van der Waals surface area (Å²) in [4.78, 5) is 67.6. The number of nitrogens with zero attached hydrogens (tertiary/aromatic N) is 9. The first kappa shape index (κ1) is 48.0. The van der Waals surface area contributed by atoms with Gasteiger partial charge in [-0.3, -0.25) is 14.2 Å². The molecule has 0 aliphatic carbocycles. The van der Waals surface area contributed by atoms with E-state index in [4.69, 9.17) is 49.4 Å². The van der Waals surface area contributed by atoms with Gasteiger partial charge in [-0.25, -0.2) is 49.7 Å². The molecule has 7 heterocycles. The van der Waals surface area contributed by atoms with Crippen LogP contribution in [0.3, 0.4) is 0 Å². The number of hydrogen-bond acceptors (Lipinski definition) is 15. The fourth-order valence-corrected chi connectivity index (χ4v) is 4.64. The Balaban J connectivity index is 0.000000236. The lowest BCUT2D eigenvalue weighted by Crippen LogP contribution is -2.05. The highest BCUT2D eigenvalue weighted by Gasteiger charge is 2.03. The molecule has 6 N–H and O–H groups in total. The molecule has 0 unspecified atom stereocenters. The third-order valence-electron chi connectivity index (χ3n) is 5.38. The lowest BCUT2D eigenvalue weighted by molar-refractivity contribution is -0.143. The number of aromatic nitrogens is 10. The van der Waals surface area contributed by atoms with Crippen LogP contribution in [-0.2, 0) is 14.2 Å². The Kier molecular flexibility index (Phi) is 20.8. The average molecular weight is 1200 g/mol. The molecule has 7 aromatic heterocycles. The fourth-order valence-electron chi connectivity index (χ4n) is 3.23. The van der Waals surface area contributed by atoms with Crippen molar-refractivity contribution >= 4 is 178 Å². The smallest absolute Gasteiger partial charge is 0.368 e. The highest BCUT2D eigenvalue weighted by atomic mass is 80.0. The van der Waals surface area contributed by atoms with Gasteiger partial charge in [0, 0.05) is 86.4 Å². The predicted octanol–water partition coefficient (Wildman–Crippen LogP) is 9.07. The van der Waals surface area contributed by atoms with Crippen LogP contribution in [0, 0.1) is 6.92 Å². The van der Waals surface area contributed by atoms with Crippen LogP contribution in [0.1, 0.15) is 5.69 Å². The van der Waals surface area contributed by atoms with E-state index in [2.05, 4.69) is 144 Å². The van der Waals surface area contributed by atoms with Crippen LogP contribution in [0.4, 0.5) is 11.5 Å². The van der Waals surface area contributed by atoms with Gasteiger partial charge in [0.05, 0.1) is 33.8 Å². The lowest BCUT2D eigenvalue weighted by atomic mass is 10.4. The van der Waals surface area contributed by atoms with Crippen LogP contribution in [0.15, 0.2) is 86.0 Å². The summed E-state index contributed by atoms with van der Waals surface area (Å²) < 4.78 is 10.3. The topological polar surface area (TPSA) is 272 Å². The maximum Gasteiger partial charge on any atom is 0.368 e. The van der Waals surface area contributed by atoms with Gasteiger partial charge in [0.15, 0.2) is 16.9 Å². The second kappa shape index (κ2) is 23.8. The fraction of sp³-hybridized carbons (Fsp3) is 0.0345. The third-order valence-corrected chi connectivity index (χ3v) is 7.68. The molecular formula is C29H21Br6Cl2N12O5P. The quantitative estimate of drug-likeness (QED) is 0.0678. The molecule has 0 bridgehead atoms. The molecule has 0 atom stereocenters. The highest BCUT2D eigenvalue weighted by molar-refractivity contribution is 9.94. The number of aryl methyl sites for hydroxylation is 1. The number of carbonyl (C=O) groups excluding carboxylic acids is 1. The van der Waals surface area contributed by atoms with Gasteiger partial charge < -0.3 is 21.6 Å². The number of nitrogen functional groups attached to an aromatic ring is 2. The van der Waals surface area contributed by atoms with Crippen LogP contribution in [-0.4, -0.2) is 67.2 Å². The Labute approximate surface area is 369 Å². The Morgan fingerprint density at radius 1 is 0.764 bits per heavy atom. The normalized spacial score (nSPS) is 10.1. The van der Waals surface area contributed by atoms with Crippen LogP contribution >= 0.6 is 121 Å². The van der Waals surface area contributed by atoms with Crippen molar-refractivity contribution in [1.82, 2.24) is 49.8 Å². The number of pyridine rings is 4. The van der Waals surface area contributed by atoms with Crippen LogP contribution in [0.2, 0.25) is 10.0 Å². The molecule has 0 saturated heterocycles. The van der Waals surface area contributed by atoms with E-state index in [1.807, 2.05) is 19.1 Å². The number of rotatable bonds is 1. The summed E-state index contributed by atoms with van der Waals surface area (Å²) in [6.45, 7) is 1.90. The van der Waals surface area contributed by atoms with E-state index >= 15 is 0 Å². The first-order valence-electron chi connectivity index (χ1n) is 14.0. The van der Waals surface area contributed by atoms with Crippen molar-refractivity contribution in [1.29, 1.82) is 0 Å². The molecule has 0 aliphatic heterocycles. The molecule has 288 valence electrons. The third kappa shape index (κ3) is 18.1. The number of nitrogens with two attached hydrogens (primary N) is 2. The van der Waals surface area contributed by atoms with Crippen molar-refractivity contribution in [2.75, 3.05) is 11.5 Å². The van der Waals surface area contributed by atoms with Crippen LogP contribution < -0.4 is 17.0 Å². The van der Waals surface area contributed by atoms with Gasteiger partial charge in [0.1, 0.15) is 27.0 Å². The van der Waals surface area contributed by atoms with Crippen LogP contribution in [0.25, 0.3) is 33.5 Å². The first-order valence-corrected chi connectivity index (χ1v) is 24.9. The van der Waals surface area contributed by atoms with Gasteiger partial charge >= 0.3 is 5.97 Å². The van der Waals surface area contributed by atoms with Gasteiger partial charge in [0.25, 0.3) is 8.81 Å². The molecule has 0 saturated carbocycles. The van der Waals surface area contributed by atoms with Gasteiger partial charge in [-0.05, 0) is 79.0 Å². The standard InChI is InChI=1S/C8H6BrN3.C7H3Br2N3.C7H4ClN3O.C5H6ClN3.C2H2O3.Br3OP/c1-5-4-11-7-6(9)2-3-10-8(7)12-5;8-4-1-2-10-7-6(4)11-3-5(9)12-7;8-4-1-2-9-7-6(4)10-3-5(12)11-7;6-3-1-2-9-5(8)4(3)7;3-1-2(4)5;1-5(2,3)4/h2-4H,1H3;1-3H;1-3H,(H,9,11,12);1-2H,7H2,(H2,8,9);1H,(H,4,5);. The number of aliphatic carboxylic acids is 1. The Morgan fingerprint density at radius 3 is 1.76 bits per heavy atom. The van der Waals surface area contributed by atoms with Crippen molar-refractivity contribution in [2.24, 2.45) is 0 Å². The van der Waals surface area contributed by atoms with Crippen molar-refractivity contribution in [3.63, 3.8) is 0 Å². The summed E-state index contributed by atoms with van der Waals surface area (Å²) in [6.07, 6.45) is 10.8. The minimum absolute atomic E-state index is 0.167. The highest BCUT2D eigenvalue weighted by Crippen LogP contribution is 2.68. The molecule has 55 heavy (non-hydrogen) atoms. The summed E-state index contributed by atoms with van der Waals surface area (Å²) in [5, 5.41) is 8.28. The zero-order valence-electron chi connectivity index (χ0n) is 27.2. The molecule has 7 rings (SSSR count). The van der Waals surface area contributed by atoms with Crippen molar-refractivity contribution < 1.29 is 19.3 Å². The summed E-state index contributed by atoms with van der Waals surface area (Å²) in [5.74, 6) is -1.15. The number of aldehydes is 1. The average Bonchev–Trinajstić information content (AvgIpc) is 3.11. The predicted molar refractivity (Wildman–Crippen MR) is 234 cm³/mol. The molecule has 0 aliphatic rings. The minimum Gasteiger partial charge on any atom is -0.476 e. The molecule has 0 amide bonds. The van der Waals surface area contributed by atoms with E-state index < -0.39 is 9.22 Å². The van der Waals surface area contributed by atoms with Gasteiger partial charge in [-0.1, -0.05) is 23.2 Å². The van der Waals surface area contributed by atoms with Gasteiger partial charge in [-0.15, -0.1) is 0 Å². The van der Waals surface area contributed by atoms with Gasteiger partial charge in [0.2, 0.25) is 6.29 Å². The molecule has 0 aromatic carbocycles. The molecule has 0 fully saturated rings. The molecule has 0 spiro atoms. The number of carbonyl (C=O) groups is 2. The second-order valence-electron chi connectivity index (χ2n) is 9.32. The number of carboxylic acid groups (broad SMARTS) is 1. The molecular weight excluding hydrogens is 1180 g/mol. The van der Waals surface area contributed by atoms with Crippen molar-refractivity contribution in [2.45, 2.75) is 6.92 Å². The molecule has 0 radical (unpaired) electrons. The summed E-state index contributed by atoms with van der Waals surface area (Å²) in [5.41, 5.74) is 15.4. The Morgan fingerprint density at radius 2 is 1.24 bits per heavy atom. The number of aromatic amines is 1. The number of halogens is 8. The van der Waals surface area contributed by atoms with E-state index in [0.717, 1.165) is 25.7 Å². The molecule has 26 heteroatoms. The maximum atomic E-state index is 10.8. The summed E-state index contributed by atoms with van der Waals surface area (Å²) in [7, 11) is 0. The van der Waals surface area contributed by atoms with E-state index in [0.29, 0.717) is 42.8 Å². The van der Waals surface area contributed by atoms with E-state index in [-0.39, 0.29) is 17.7 Å². The largest absolute Gasteiger partial charge is 0.476 e. The monoisotopic (exact) mass is 1190 g/mol. The number of fused-ring (bicyclic) bond motifs is 3. The molecule has 7 aromatic rings. The number of carboxylic acids is 1. The zero-order chi connectivity index (χ0) is 41.3. The molecule has 17 nitrogen and oxygen atoms in total. The van der Waals surface area contributed by atoms with Crippen molar-refractivity contribution in [3.8, 4) is 0 Å². The van der Waals surface area contributed by atoms with Crippen molar-refractivity contribution in [3.05, 3.63) is 107 Å². The SMILES string of the molecule is Brc1cnc2c(Br)ccnc2n1.Cc1cnc2c(Br)ccnc2n1.Nc1nccc(Cl)c1N.O=CC(=O)O.O=P(Br)(Br)Br.O=c1cnc2c(Cl)ccnc2[nH]1. The van der Waals surface area contributed by atoms with E-state index in [1.54, 1.807) is 36.9 Å². The Bertz CT molecular complexity index is 2410. The van der Waals surface area contributed by atoms with E-state index in [9.17, 15) is 9.36 Å². The van der Waals surface area contributed by atoms with E-state index in [1.165, 1.54) is 18.6 Å². The maximum absolute atomic E-state index is 10.8. The lowest BCUT2D eigenvalue weighted by Gasteiger charge is -1.97. The summed E-state index contributed by atoms with van der Waals surface area (Å²) in [6, 6.07) is 6.90. The Hall–Kier alpha value is -3.15. The number of hydrogen-bond donors (Lipinski definition) is 4. The first-order chi connectivity index (χ1) is 25.8. The number of anilines is 2. The zero-order valence-corrected chi connectivity index (χ0v) is 39.1. The number of nitrogens with one attached hydrogen (secondary N) is 1. The summed E-state index contributed by atoms with van der Waals surface area (Å²) >= 11 is 29.6. The minimum atomic E-state index is -2.20. The van der Waals surface area contributed by atoms with Crippen LogP contribution in [0.5, 0.6) is 0 Å². The van der Waals surface area contributed by atoms with Gasteiger partial charge in [-0.2, -0.15) is 0 Å².